The maximum absolute atomic E-state index is 11.0. The predicted octanol–water partition coefficient (Wildman–Crippen LogP) is 2.82. The van der Waals surface area contributed by atoms with E-state index < -0.39 is 0 Å². The minimum absolute atomic E-state index is 0.150. The number of carbonyl (C=O) groups excluding carboxylic acids is 1. The number of aryl methyl sites for hydroxylation is 2. The second-order valence-electron chi connectivity index (χ2n) is 3.37. The highest BCUT2D eigenvalue weighted by Gasteiger charge is 2.04. The molecule has 2 nitrogen and oxygen atoms in total. The Morgan fingerprint density at radius 1 is 1.47 bits per heavy atom. The lowest BCUT2D eigenvalue weighted by atomic mass is 10.0. The van der Waals surface area contributed by atoms with Gasteiger partial charge in [-0.15, -0.1) is 11.8 Å². The van der Waals surface area contributed by atoms with Crippen LogP contribution in [0, 0.1) is 6.92 Å². The normalized spacial score (nSPS) is 10.1. The van der Waals surface area contributed by atoms with Crippen LogP contribution in [0.1, 0.15) is 17.5 Å². The summed E-state index contributed by atoms with van der Waals surface area (Å²) in [4.78, 5) is 12.3. The van der Waals surface area contributed by atoms with E-state index in [-0.39, 0.29) is 5.97 Å². The maximum Gasteiger partial charge on any atom is 0.305 e. The predicted molar refractivity (Wildman–Crippen MR) is 63.3 cm³/mol. The average molecular weight is 224 g/mol. The summed E-state index contributed by atoms with van der Waals surface area (Å²) in [5.74, 6) is -0.150. The Morgan fingerprint density at radius 3 is 2.73 bits per heavy atom. The summed E-state index contributed by atoms with van der Waals surface area (Å²) in [6.07, 6.45) is 3.27. The van der Waals surface area contributed by atoms with Crippen LogP contribution in [0.2, 0.25) is 0 Å². The third kappa shape index (κ3) is 3.59. The summed E-state index contributed by atoms with van der Waals surface area (Å²) in [6, 6.07) is 6.33. The van der Waals surface area contributed by atoms with Crippen LogP contribution < -0.4 is 0 Å². The number of esters is 1. The van der Waals surface area contributed by atoms with Crippen molar-refractivity contribution < 1.29 is 9.53 Å². The van der Waals surface area contributed by atoms with E-state index in [0.717, 1.165) is 6.42 Å². The van der Waals surface area contributed by atoms with Crippen molar-refractivity contribution in [3.63, 3.8) is 0 Å². The number of thioether (sulfide) groups is 1. The summed E-state index contributed by atoms with van der Waals surface area (Å²) in [6.45, 7) is 2.08. The van der Waals surface area contributed by atoms with Crippen molar-refractivity contribution >= 4 is 17.7 Å². The molecule has 0 saturated carbocycles. The number of hydrogen-bond donors (Lipinski definition) is 0. The van der Waals surface area contributed by atoms with Crippen LogP contribution in [0.4, 0.5) is 0 Å². The molecule has 1 aromatic rings. The summed E-state index contributed by atoms with van der Waals surface area (Å²) >= 11 is 1.73. The molecule has 0 saturated heterocycles. The largest absolute Gasteiger partial charge is 0.469 e. The van der Waals surface area contributed by atoms with Gasteiger partial charge in [0.15, 0.2) is 0 Å². The van der Waals surface area contributed by atoms with Gasteiger partial charge in [0.1, 0.15) is 0 Å². The molecule has 0 aromatic heterocycles. The van der Waals surface area contributed by atoms with Gasteiger partial charge in [0.2, 0.25) is 0 Å². The van der Waals surface area contributed by atoms with Gasteiger partial charge in [0.05, 0.1) is 7.11 Å². The molecule has 0 amide bonds. The van der Waals surface area contributed by atoms with Gasteiger partial charge < -0.3 is 4.74 Å². The van der Waals surface area contributed by atoms with E-state index in [1.54, 1.807) is 11.8 Å². The van der Waals surface area contributed by atoms with Crippen molar-refractivity contribution in [1.29, 1.82) is 0 Å². The van der Waals surface area contributed by atoms with E-state index in [2.05, 4.69) is 36.1 Å². The molecule has 1 aromatic carbocycles. The molecule has 0 bridgehead atoms. The molecule has 0 aliphatic rings. The lowest BCUT2D eigenvalue weighted by Crippen LogP contribution is -2.02. The molecule has 0 atom stereocenters. The molecule has 1 rings (SSSR count). The molecule has 0 unspecified atom stereocenters. The second kappa shape index (κ2) is 5.81. The number of ether oxygens (including phenoxy) is 1. The monoisotopic (exact) mass is 224 g/mol. The third-order valence-corrected chi connectivity index (χ3v) is 3.10. The Labute approximate surface area is 95.0 Å². The zero-order valence-electron chi connectivity index (χ0n) is 9.37. The van der Waals surface area contributed by atoms with E-state index >= 15 is 0 Å². The van der Waals surface area contributed by atoms with Gasteiger partial charge in [-0.1, -0.05) is 6.07 Å². The Bertz CT molecular complexity index is 347. The number of methoxy groups -OCH3 is 1. The highest BCUT2D eigenvalue weighted by molar-refractivity contribution is 7.98. The number of rotatable bonds is 4. The van der Waals surface area contributed by atoms with Crippen LogP contribution >= 0.6 is 11.8 Å². The highest BCUT2D eigenvalue weighted by atomic mass is 32.2. The van der Waals surface area contributed by atoms with Crippen LogP contribution in [0.3, 0.4) is 0 Å². The molecule has 0 N–H and O–H groups in total. The molecule has 0 spiro atoms. The number of carbonyl (C=O) groups is 1. The van der Waals surface area contributed by atoms with Crippen LogP contribution in [0.15, 0.2) is 23.1 Å². The van der Waals surface area contributed by atoms with Crippen LogP contribution in [-0.2, 0) is 16.0 Å². The summed E-state index contributed by atoms with van der Waals surface area (Å²) in [7, 11) is 1.42. The van der Waals surface area contributed by atoms with E-state index in [0.29, 0.717) is 6.42 Å². The Morgan fingerprint density at radius 2 is 2.20 bits per heavy atom. The first-order chi connectivity index (χ1) is 7.17. The second-order valence-corrected chi connectivity index (χ2v) is 4.25. The van der Waals surface area contributed by atoms with Gasteiger partial charge in [-0.25, -0.2) is 0 Å². The number of hydrogen-bond acceptors (Lipinski definition) is 3. The fraction of sp³-hybridized carbons (Fsp3) is 0.417. The summed E-state index contributed by atoms with van der Waals surface area (Å²) in [5.41, 5.74) is 2.46. The van der Waals surface area contributed by atoms with Crippen molar-refractivity contribution in [3.8, 4) is 0 Å². The van der Waals surface area contributed by atoms with Crippen LogP contribution in [0.5, 0.6) is 0 Å². The maximum atomic E-state index is 11.0. The lowest BCUT2D eigenvalue weighted by Gasteiger charge is -2.06. The van der Waals surface area contributed by atoms with Gasteiger partial charge in [0.25, 0.3) is 0 Å². The van der Waals surface area contributed by atoms with Crippen molar-refractivity contribution in [2.75, 3.05) is 13.4 Å². The van der Waals surface area contributed by atoms with Gasteiger partial charge in [-0.3, -0.25) is 4.79 Å². The topological polar surface area (TPSA) is 26.3 Å². The molecule has 3 heteroatoms. The molecule has 15 heavy (non-hydrogen) atoms. The van der Waals surface area contributed by atoms with E-state index in [1.807, 2.05) is 0 Å². The summed E-state index contributed by atoms with van der Waals surface area (Å²) in [5, 5.41) is 0. The zero-order chi connectivity index (χ0) is 11.3. The molecule has 0 radical (unpaired) electrons. The first-order valence-corrected chi connectivity index (χ1v) is 6.10. The Hall–Kier alpha value is -0.960. The first-order valence-electron chi connectivity index (χ1n) is 4.87. The molecule has 0 aliphatic heterocycles. The fourth-order valence-electron chi connectivity index (χ4n) is 1.41. The quantitative estimate of drug-likeness (QED) is 0.581. The Kier molecular flexibility index (Phi) is 4.69. The van der Waals surface area contributed by atoms with Crippen molar-refractivity contribution in [2.24, 2.45) is 0 Å². The SMILES string of the molecule is COC(=O)CCc1ccc(SC)cc1C. The zero-order valence-corrected chi connectivity index (χ0v) is 10.2. The summed E-state index contributed by atoms with van der Waals surface area (Å²) < 4.78 is 4.61. The van der Waals surface area contributed by atoms with Crippen LogP contribution in [-0.4, -0.2) is 19.3 Å². The van der Waals surface area contributed by atoms with Crippen LogP contribution in [0.25, 0.3) is 0 Å². The van der Waals surface area contributed by atoms with E-state index in [4.69, 9.17) is 0 Å². The molecule has 0 fully saturated rings. The average Bonchev–Trinajstić information content (AvgIpc) is 2.26. The minimum Gasteiger partial charge on any atom is -0.469 e. The molecule has 82 valence electrons. The minimum atomic E-state index is -0.150. The lowest BCUT2D eigenvalue weighted by molar-refractivity contribution is -0.140. The molecular formula is C12H16O2S. The molecular weight excluding hydrogens is 208 g/mol. The fourth-order valence-corrected chi connectivity index (χ4v) is 1.91. The van der Waals surface area contributed by atoms with Crippen molar-refractivity contribution in [3.05, 3.63) is 29.3 Å². The van der Waals surface area contributed by atoms with Gasteiger partial charge in [-0.2, -0.15) is 0 Å². The first kappa shape index (κ1) is 12.1. The van der Waals surface area contributed by atoms with E-state index in [1.165, 1.54) is 23.1 Å². The van der Waals surface area contributed by atoms with Gasteiger partial charge >= 0.3 is 5.97 Å². The van der Waals surface area contributed by atoms with Gasteiger partial charge in [-0.05, 0) is 42.9 Å². The Balaban J connectivity index is 2.66. The van der Waals surface area contributed by atoms with Crippen molar-refractivity contribution in [2.45, 2.75) is 24.7 Å². The van der Waals surface area contributed by atoms with E-state index in [9.17, 15) is 4.79 Å². The molecule has 0 aliphatic carbocycles. The third-order valence-electron chi connectivity index (χ3n) is 2.38. The number of benzene rings is 1. The van der Waals surface area contributed by atoms with Gasteiger partial charge in [0, 0.05) is 11.3 Å². The highest BCUT2D eigenvalue weighted by Crippen LogP contribution is 2.19. The van der Waals surface area contributed by atoms with Crippen molar-refractivity contribution in [1.82, 2.24) is 0 Å². The standard InChI is InChI=1S/C12H16O2S/c1-9-8-11(15-3)6-4-10(9)5-7-12(13)14-2/h4,6,8H,5,7H2,1-3H3. The molecule has 0 heterocycles. The smallest absolute Gasteiger partial charge is 0.305 e.